The lowest BCUT2D eigenvalue weighted by Gasteiger charge is -2.19. The molecule has 1 aliphatic rings. The van der Waals surface area contributed by atoms with E-state index in [1.807, 2.05) is 18.3 Å². The topological polar surface area (TPSA) is 54.2 Å². The van der Waals surface area contributed by atoms with Gasteiger partial charge in [-0.2, -0.15) is 0 Å². The molecule has 4 heteroatoms. The second kappa shape index (κ2) is 6.71. The average Bonchev–Trinajstić information content (AvgIpc) is 2.64. The fourth-order valence-corrected chi connectivity index (χ4v) is 2.67. The second-order valence-corrected chi connectivity index (χ2v) is 5.16. The van der Waals surface area contributed by atoms with Gasteiger partial charge in [0.2, 0.25) is 0 Å². The molecular formula is C14H24N4. The monoisotopic (exact) mass is 248 g/mol. The van der Waals surface area contributed by atoms with Crippen LogP contribution in [0, 0.1) is 5.92 Å². The molecule has 18 heavy (non-hydrogen) atoms. The van der Waals surface area contributed by atoms with E-state index in [1.165, 1.54) is 38.8 Å². The third-order valence-electron chi connectivity index (χ3n) is 3.89. The van der Waals surface area contributed by atoms with Gasteiger partial charge in [-0.1, -0.05) is 13.3 Å². The number of nitrogens with two attached hydrogens (primary N) is 1. The first-order chi connectivity index (χ1) is 8.81. The van der Waals surface area contributed by atoms with E-state index in [-0.39, 0.29) is 0 Å². The maximum Gasteiger partial charge on any atom is 0.0564 e. The SMILES string of the molecule is CCC1CCCN(Cc2cc(NN)ccn2)CC1. The maximum absolute atomic E-state index is 5.42. The lowest BCUT2D eigenvalue weighted by molar-refractivity contribution is 0.269. The molecule has 3 N–H and O–H groups in total. The van der Waals surface area contributed by atoms with Crippen LogP contribution in [0.5, 0.6) is 0 Å². The molecule has 1 fully saturated rings. The molecule has 1 unspecified atom stereocenters. The second-order valence-electron chi connectivity index (χ2n) is 5.16. The van der Waals surface area contributed by atoms with Gasteiger partial charge in [0, 0.05) is 12.7 Å². The fraction of sp³-hybridized carbons (Fsp3) is 0.643. The van der Waals surface area contributed by atoms with Crippen molar-refractivity contribution in [3.63, 3.8) is 0 Å². The summed E-state index contributed by atoms with van der Waals surface area (Å²) >= 11 is 0. The largest absolute Gasteiger partial charge is 0.324 e. The molecule has 100 valence electrons. The van der Waals surface area contributed by atoms with Gasteiger partial charge in [-0.05, 0) is 50.4 Å². The van der Waals surface area contributed by atoms with E-state index in [4.69, 9.17) is 5.84 Å². The highest BCUT2D eigenvalue weighted by Crippen LogP contribution is 2.21. The molecule has 1 aromatic heterocycles. The lowest BCUT2D eigenvalue weighted by atomic mass is 9.98. The minimum absolute atomic E-state index is 0.917. The molecule has 0 radical (unpaired) electrons. The van der Waals surface area contributed by atoms with Crippen molar-refractivity contribution in [1.82, 2.24) is 9.88 Å². The molecule has 0 bridgehead atoms. The Morgan fingerprint density at radius 3 is 3.11 bits per heavy atom. The van der Waals surface area contributed by atoms with Crippen molar-refractivity contribution in [3.05, 3.63) is 24.0 Å². The molecule has 0 saturated carbocycles. The third kappa shape index (κ3) is 3.68. The Hall–Kier alpha value is -1.13. The number of nitrogens with zero attached hydrogens (tertiary/aromatic N) is 2. The first-order valence-corrected chi connectivity index (χ1v) is 6.95. The molecule has 4 nitrogen and oxygen atoms in total. The van der Waals surface area contributed by atoms with E-state index in [1.54, 1.807) is 0 Å². The van der Waals surface area contributed by atoms with E-state index < -0.39 is 0 Å². The van der Waals surface area contributed by atoms with Gasteiger partial charge in [0.25, 0.3) is 0 Å². The minimum Gasteiger partial charge on any atom is -0.324 e. The van der Waals surface area contributed by atoms with Crippen molar-refractivity contribution in [1.29, 1.82) is 0 Å². The van der Waals surface area contributed by atoms with Crippen LogP contribution in [-0.4, -0.2) is 23.0 Å². The third-order valence-corrected chi connectivity index (χ3v) is 3.89. The lowest BCUT2D eigenvalue weighted by Crippen LogP contribution is -2.25. The highest BCUT2D eigenvalue weighted by atomic mass is 15.2. The molecular weight excluding hydrogens is 224 g/mol. The zero-order valence-corrected chi connectivity index (χ0v) is 11.2. The zero-order chi connectivity index (χ0) is 12.8. The van der Waals surface area contributed by atoms with Crippen LogP contribution in [0.2, 0.25) is 0 Å². The highest BCUT2D eigenvalue weighted by Gasteiger charge is 2.16. The molecule has 2 rings (SSSR count). The fourth-order valence-electron chi connectivity index (χ4n) is 2.67. The number of nitrogens with one attached hydrogen (secondary N) is 1. The van der Waals surface area contributed by atoms with Gasteiger partial charge in [-0.3, -0.25) is 15.7 Å². The average molecular weight is 248 g/mol. The highest BCUT2D eigenvalue weighted by molar-refractivity contribution is 5.41. The summed E-state index contributed by atoms with van der Waals surface area (Å²) in [4.78, 5) is 6.93. The summed E-state index contributed by atoms with van der Waals surface area (Å²) in [5.74, 6) is 6.34. The van der Waals surface area contributed by atoms with Crippen LogP contribution in [-0.2, 0) is 6.54 Å². The van der Waals surface area contributed by atoms with Crippen LogP contribution >= 0.6 is 0 Å². The van der Waals surface area contributed by atoms with Crippen molar-refractivity contribution >= 4 is 5.69 Å². The van der Waals surface area contributed by atoms with Crippen molar-refractivity contribution in [2.75, 3.05) is 18.5 Å². The van der Waals surface area contributed by atoms with Gasteiger partial charge in [-0.15, -0.1) is 0 Å². The Balaban J connectivity index is 1.92. The molecule has 2 heterocycles. The van der Waals surface area contributed by atoms with E-state index in [0.717, 1.165) is 23.8 Å². The van der Waals surface area contributed by atoms with Crippen molar-refractivity contribution in [2.24, 2.45) is 11.8 Å². The number of nitrogen functional groups attached to an aromatic ring is 1. The first-order valence-electron chi connectivity index (χ1n) is 6.95. The number of rotatable bonds is 4. The van der Waals surface area contributed by atoms with Crippen LogP contribution in [0.4, 0.5) is 5.69 Å². The predicted octanol–water partition coefficient (Wildman–Crippen LogP) is 2.38. The summed E-state index contributed by atoms with van der Waals surface area (Å²) in [7, 11) is 0. The summed E-state index contributed by atoms with van der Waals surface area (Å²) in [5, 5.41) is 0. The number of hydrazine groups is 1. The van der Waals surface area contributed by atoms with Crippen LogP contribution in [0.15, 0.2) is 18.3 Å². The van der Waals surface area contributed by atoms with Crippen LogP contribution < -0.4 is 11.3 Å². The van der Waals surface area contributed by atoms with Gasteiger partial charge in [0.05, 0.1) is 11.4 Å². The summed E-state index contributed by atoms with van der Waals surface area (Å²) in [6, 6.07) is 3.92. The number of hydrogen-bond donors (Lipinski definition) is 2. The van der Waals surface area contributed by atoms with E-state index in [2.05, 4.69) is 22.2 Å². The molecule has 1 aromatic rings. The normalized spacial score (nSPS) is 21.6. The minimum atomic E-state index is 0.917. The van der Waals surface area contributed by atoms with Gasteiger partial charge >= 0.3 is 0 Å². The zero-order valence-electron chi connectivity index (χ0n) is 11.2. The molecule has 0 aromatic carbocycles. The summed E-state index contributed by atoms with van der Waals surface area (Å²) in [6.07, 6.45) is 7.15. The maximum atomic E-state index is 5.42. The molecule has 0 aliphatic carbocycles. The number of hydrogen-bond acceptors (Lipinski definition) is 4. The summed E-state index contributed by atoms with van der Waals surface area (Å²) in [6.45, 7) is 5.63. The Bertz CT molecular complexity index is 367. The quantitative estimate of drug-likeness (QED) is 0.634. The number of anilines is 1. The van der Waals surface area contributed by atoms with Gasteiger partial charge in [-0.25, -0.2) is 0 Å². The molecule has 1 aliphatic heterocycles. The number of likely N-dealkylation sites (tertiary alicyclic amines) is 1. The van der Waals surface area contributed by atoms with Crippen LogP contribution in [0.25, 0.3) is 0 Å². The molecule has 1 atom stereocenters. The first kappa shape index (κ1) is 13.3. The molecule has 0 amide bonds. The van der Waals surface area contributed by atoms with Gasteiger partial charge in [0.1, 0.15) is 0 Å². The Morgan fingerprint density at radius 2 is 2.33 bits per heavy atom. The molecule has 1 saturated heterocycles. The molecule has 0 spiro atoms. The van der Waals surface area contributed by atoms with Gasteiger partial charge < -0.3 is 5.43 Å². The Labute approximate surface area is 110 Å². The van der Waals surface area contributed by atoms with Gasteiger partial charge in [0.15, 0.2) is 0 Å². The summed E-state index contributed by atoms with van der Waals surface area (Å²) < 4.78 is 0. The van der Waals surface area contributed by atoms with Crippen LogP contribution in [0.3, 0.4) is 0 Å². The smallest absolute Gasteiger partial charge is 0.0564 e. The predicted molar refractivity (Wildman–Crippen MR) is 75.0 cm³/mol. The van der Waals surface area contributed by atoms with E-state index >= 15 is 0 Å². The number of pyridine rings is 1. The summed E-state index contributed by atoms with van der Waals surface area (Å²) in [5.41, 5.74) is 4.70. The van der Waals surface area contributed by atoms with Crippen LogP contribution in [0.1, 0.15) is 38.3 Å². The van der Waals surface area contributed by atoms with Crippen molar-refractivity contribution < 1.29 is 0 Å². The number of aromatic nitrogens is 1. The standard InChI is InChI=1S/C14H24N4/c1-2-12-4-3-8-18(9-6-12)11-14-10-13(17-15)5-7-16-14/h5,7,10,12H,2-4,6,8-9,11,15H2,1H3,(H,16,17). The van der Waals surface area contributed by atoms with Crippen molar-refractivity contribution in [3.8, 4) is 0 Å². The van der Waals surface area contributed by atoms with Crippen molar-refractivity contribution in [2.45, 2.75) is 39.2 Å². The van der Waals surface area contributed by atoms with E-state index in [0.29, 0.717) is 0 Å². The Morgan fingerprint density at radius 1 is 1.44 bits per heavy atom. The Kier molecular flexibility index (Phi) is 4.96. The van der Waals surface area contributed by atoms with E-state index in [9.17, 15) is 0 Å².